The normalized spacial score (nSPS) is 12.7. The van der Waals surface area contributed by atoms with Crippen LogP contribution in [0.5, 0.6) is 0 Å². The third-order valence-electron chi connectivity index (χ3n) is 4.35. The molecule has 1 fully saturated rings. The zero-order chi connectivity index (χ0) is 21.3. The van der Waals surface area contributed by atoms with Gasteiger partial charge in [0.15, 0.2) is 0 Å². The first-order valence-electron chi connectivity index (χ1n) is 9.60. The van der Waals surface area contributed by atoms with Gasteiger partial charge in [-0.3, -0.25) is 15.0 Å². The molecule has 4 N–H and O–H groups in total. The SMILES string of the molecule is O=C(CCSc1ccc(F)cc1)NNC(=O)NCc1ccc(NC(=O)C2CC2)cc1. The summed E-state index contributed by atoms with van der Waals surface area (Å²) in [6.07, 6.45) is 2.11. The van der Waals surface area contributed by atoms with Crippen LogP contribution in [0, 0.1) is 11.7 Å². The van der Waals surface area contributed by atoms with Gasteiger partial charge in [-0.2, -0.15) is 0 Å². The standard InChI is InChI=1S/C21H23FN4O3S/c22-16-5-9-18(10-6-16)30-12-11-19(27)25-26-21(29)23-13-14-1-7-17(8-2-14)24-20(28)15-3-4-15/h1-2,5-10,15H,3-4,11-13H2,(H,24,28)(H,25,27)(H2,23,26,29). The molecule has 1 aliphatic rings. The predicted molar refractivity (Wildman–Crippen MR) is 113 cm³/mol. The van der Waals surface area contributed by atoms with E-state index in [1.165, 1.54) is 23.9 Å². The molecule has 0 radical (unpaired) electrons. The van der Waals surface area contributed by atoms with E-state index < -0.39 is 6.03 Å². The van der Waals surface area contributed by atoms with Crippen molar-refractivity contribution in [3.8, 4) is 0 Å². The molecule has 0 saturated heterocycles. The molecule has 1 aliphatic carbocycles. The summed E-state index contributed by atoms with van der Waals surface area (Å²) in [5.74, 6) is 0.0719. The van der Waals surface area contributed by atoms with E-state index in [0.717, 1.165) is 29.0 Å². The minimum atomic E-state index is -0.527. The van der Waals surface area contributed by atoms with Gasteiger partial charge in [-0.25, -0.2) is 14.6 Å². The fourth-order valence-electron chi connectivity index (χ4n) is 2.50. The molecule has 4 amide bonds. The molecule has 0 aromatic heterocycles. The van der Waals surface area contributed by atoms with Crippen LogP contribution in [-0.2, 0) is 16.1 Å². The number of carbonyl (C=O) groups excluding carboxylic acids is 3. The fraction of sp³-hybridized carbons (Fsp3) is 0.286. The Hall–Kier alpha value is -3.07. The maximum absolute atomic E-state index is 12.8. The second kappa shape index (κ2) is 10.6. The second-order valence-corrected chi connectivity index (χ2v) is 8.04. The van der Waals surface area contributed by atoms with Crippen LogP contribution in [0.3, 0.4) is 0 Å². The molecule has 2 aromatic rings. The van der Waals surface area contributed by atoms with Crippen LogP contribution in [-0.4, -0.2) is 23.6 Å². The first kappa shape index (κ1) is 21.6. The van der Waals surface area contributed by atoms with Gasteiger partial charge in [0.2, 0.25) is 11.8 Å². The van der Waals surface area contributed by atoms with E-state index in [0.29, 0.717) is 5.75 Å². The van der Waals surface area contributed by atoms with Crippen LogP contribution in [0.25, 0.3) is 0 Å². The van der Waals surface area contributed by atoms with Crippen LogP contribution in [0.15, 0.2) is 53.4 Å². The molecule has 0 heterocycles. The van der Waals surface area contributed by atoms with E-state index in [4.69, 9.17) is 0 Å². The molecule has 0 unspecified atom stereocenters. The number of anilines is 1. The van der Waals surface area contributed by atoms with E-state index in [2.05, 4.69) is 21.5 Å². The molecule has 158 valence electrons. The highest BCUT2D eigenvalue weighted by Gasteiger charge is 2.29. The maximum atomic E-state index is 12.8. The van der Waals surface area contributed by atoms with E-state index in [1.807, 2.05) is 12.1 Å². The first-order chi connectivity index (χ1) is 14.5. The summed E-state index contributed by atoms with van der Waals surface area (Å²) in [5, 5.41) is 5.49. The van der Waals surface area contributed by atoms with Crippen LogP contribution >= 0.6 is 11.8 Å². The predicted octanol–water partition coefficient (Wildman–Crippen LogP) is 3.19. The molecular weight excluding hydrogens is 407 g/mol. The van der Waals surface area contributed by atoms with E-state index in [1.54, 1.807) is 24.3 Å². The summed E-state index contributed by atoms with van der Waals surface area (Å²) in [6.45, 7) is 0.277. The van der Waals surface area contributed by atoms with E-state index in [-0.39, 0.29) is 36.5 Å². The molecule has 0 atom stereocenters. The third kappa shape index (κ3) is 7.40. The Labute approximate surface area is 178 Å². The molecule has 0 bridgehead atoms. The summed E-state index contributed by atoms with van der Waals surface area (Å²) in [7, 11) is 0. The molecule has 9 heteroatoms. The average Bonchev–Trinajstić information content (AvgIpc) is 3.59. The molecule has 1 saturated carbocycles. The number of urea groups is 1. The Morgan fingerprint density at radius 3 is 2.33 bits per heavy atom. The maximum Gasteiger partial charge on any atom is 0.333 e. The summed E-state index contributed by atoms with van der Waals surface area (Å²) in [5.41, 5.74) is 6.23. The highest BCUT2D eigenvalue weighted by atomic mass is 32.2. The molecule has 2 aromatic carbocycles. The van der Waals surface area contributed by atoms with Crippen LogP contribution in [0.4, 0.5) is 14.9 Å². The van der Waals surface area contributed by atoms with Gasteiger partial charge in [0.05, 0.1) is 0 Å². The van der Waals surface area contributed by atoms with Crippen LogP contribution < -0.4 is 21.5 Å². The lowest BCUT2D eigenvalue weighted by atomic mass is 10.2. The third-order valence-corrected chi connectivity index (χ3v) is 5.36. The number of amides is 4. The van der Waals surface area contributed by atoms with Gasteiger partial charge in [-0.05, 0) is 54.8 Å². The number of nitrogens with one attached hydrogen (secondary N) is 4. The summed E-state index contributed by atoms with van der Waals surface area (Å²) < 4.78 is 12.8. The van der Waals surface area contributed by atoms with Gasteiger partial charge in [-0.1, -0.05) is 12.1 Å². The van der Waals surface area contributed by atoms with Gasteiger partial charge in [0, 0.05) is 35.2 Å². The largest absolute Gasteiger partial charge is 0.333 e. The van der Waals surface area contributed by atoms with Crippen LogP contribution in [0.1, 0.15) is 24.8 Å². The number of hydrogen-bond donors (Lipinski definition) is 4. The first-order valence-corrected chi connectivity index (χ1v) is 10.6. The summed E-state index contributed by atoms with van der Waals surface area (Å²) in [6, 6.07) is 12.7. The molecule has 0 aliphatic heterocycles. The summed E-state index contributed by atoms with van der Waals surface area (Å²) >= 11 is 1.43. The lowest BCUT2D eigenvalue weighted by molar-refractivity contribution is -0.121. The number of halogens is 1. The van der Waals surface area contributed by atoms with Crippen molar-refractivity contribution in [1.82, 2.24) is 16.2 Å². The topological polar surface area (TPSA) is 99.3 Å². The van der Waals surface area contributed by atoms with Crippen LogP contribution in [0.2, 0.25) is 0 Å². The van der Waals surface area contributed by atoms with Crippen molar-refractivity contribution < 1.29 is 18.8 Å². The Morgan fingerprint density at radius 1 is 0.967 bits per heavy atom. The van der Waals surface area contributed by atoms with Crippen molar-refractivity contribution in [3.63, 3.8) is 0 Å². The zero-order valence-electron chi connectivity index (χ0n) is 16.2. The van der Waals surface area contributed by atoms with E-state index in [9.17, 15) is 18.8 Å². The van der Waals surface area contributed by atoms with Gasteiger partial charge < -0.3 is 10.6 Å². The van der Waals surface area contributed by atoms with Gasteiger partial charge >= 0.3 is 6.03 Å². The van der Waals surface area contributed by atoms with Gasteiger partial charge in [0.25, 0.3) is 0 Å². The van der Waals surface area contributed by atoms with Crippen molar-refractivity contribution in [3.05, 3.63) is 59.9 Å². The molecular formula is C21H23FN4O3S. The Kier molecular flexibility index (Phi) is 7.67. The van der Waals surface area contributed by atoms with Gasteiger partial charge in [0.1, 0.15) is 5.82 Å². The minimum Gasteiger partial charge on any atom is -0.333 e. The number of benzene rings is 2. The summed E-state index contributed by atoms with van der Waals surface area (Å²) in [4.78, 5) is 36.2. The van der Waals surface area contributed by atoms with Crippen molar-refractivity contribution in [2.45, 2.75) is 30.7 Å². The molecule has 0 spiro atoms. The Bertz CT molecular complexity index is 886. The smallest absolute Gasteiger partial charge is 0.333 e. The number of thioether (sulfide) groups is 1. The average molecular weight is 431 g/mol. The molecule has 30 heavy (non-hydrogen) atoms. The molecule has 7 nitrogen and oxygen atoms in total. The number of rotatable bonds is 8. The quantitative estimate of drug-likeness (QED) is 0.382. The van der Waals surface area contributed by atoms with Gasteiger partial charge in [-0.15, -0.1) is 11.8 Å². The highest BCUT2D eigenvalue weighted by molar-refractivity contribution is 7.99. The van der Waals surface area contributed by atoms with E-state index >= 15 is 0 Å². The van der Waals surface area contributed by atoms with Crippen molar-refractivity contribution in [1.29, 1.82) is 0 Å². The number of hydrogen-bond acceptors (Lipinski definition) is 4. The Morgan fingerprint density at radius 2 is 1.67 bits per heavy atom. The second-order valence-electron chi connectivity index (χ2n) is 6.87. The Balaban J connectivity index is 1.28. The fourth-order valence-corrected chi connectivity index (χ4v) is 3.36. The lowest BCUT2D eigenvalue weighted by Gasteiger charge is -2.10. The molecule has 3 rings (SSSR count). The van der Waals surface area contributed by atoms with Crippen molar-refractivity contribution in [2.75, 3.05) is 11.1 Å². The number of hydrazine groups is 1. The monoisotopic (exact) mass is 430 g/mol. The highest BCUT2D eigenvalue weighted by Crippen LogP contribution is 2.30. The number of carbonyl (C=O) groups is 3. The lowest BCUT2D eigenvalue weighted by Crippen LogP contribution is -2.46. The minimum absolute atomic E-state index is 0.0482. The van der Waals surface area contributed by atoms with Crippen molar-refractivity contribution >= 4 is 35.3 Å². The zero-order valence-corrected chi connectivity index (χ0v) is 17.1. The van der Waals surface area contributed by atoms with Crippen molar-refractivity contribution in [2.24, 2.45) is 5.92 Å².